The Labute approximate surface area is 100 Å². The first-order chi connectivity index (χ1) is 8.26. The van der Waals surface area contributed by atoms with Crippen LogP contribution in [0.2, 0.25) is 0 Å². The minimum Gasteiger partial charge on any atom is -0.497 e. The van der Waals surface area contributed by atoms with E-state index in [-0.39, 0.29) is 5.95 Å². The highest BCUT2D eigenvalue weighted by molar-refractivity contribution is 7.21. The Kier molecular flexibility index (Phi) is 2.19. The zero-order valence-electron chi connectivity index (χ0n) is 8.97. The van der Waals surface area contributed by atoms with Gasteiger partial charge in [-0.3, -0.25) is 5.10 Å². The minimum absolute atomic E-state index is 0.219. The van der Waals surface area contributed by atoms with E-state index in [1.807, 2.05) is 18.2 Å². The smallest absolute Gasteiger partial charge is 0.239 e. The normalized spacial score (nSPS) is 10.9. The number of aromatic nitrogens is 4. The average molecular weight is 247 g/mol. The summed E-state index contributed by atoms with van der Waals surface area (Å²) in [7, 11) is 1.64. The van der Waals surface area contributed by atoms with Gasteiger partial charge in [-0.05, 0) is 18.2 Å². The number of ether oxygens (including phenoxy) is 1. The van der Waals surface area contributed by atoms with E-state index in [2.05, 4.69) is 20.2 Å². The minimum atomic E-state index is 0.219. The molecule has 0 spiro atoms. The number of nitrogens with zero attached hydrogens (tertiary/aromatic N) is 3. The number of anilines is 1. The Hall–Kier alpha value is -2.15. The van der Waals surface area contributed by atoms with Gasteiger partial charge in [0, 0.05) is 0 Å². The van der Waals surface area contributed by atoms with Crippen LogP contribution in [0, 0.1) is 0 Å². The Morgan fingerprint density at radius 1 is 1.35 bits per heavy atom. The summed E-state index contributed by atoms with van der Waals surface area (Å²) in [5.41, 5.74) is 6.36. The number of methoxy groups -OCH3 is 1. The maximum Gasteiger partial charge on any atom is 0.239 e. The topological polar surface area (TPSA) is 89.7 Å². The number of nitrogens with two attached hydrogens (primary N) is 1. The molecule has 0 bridgehead atoms. The molecule has 86 valence electrons. The Morgan fingerprint density at radius 3 is 2.94 bits per heavy atom. The molecule has 3 rings (SSSR count). The zero-order valence-corrected chi connectivity index (χ0v) is 9.78. The second-order valence-corrected chi connectivity index (χ2v) is 4.43. The van der Waals surface area contributed by atoms with Gasteiger partial charge >= 0.3 is 0 Å². The molecule has 3 aromatic rings. The Balaban J connectivity index is 2.13. The fraction of sp³-hybridized carbons (Fsp3) is 0.100. The quantitative estimate of drug-likeness (QED) is 0.719. The number of hydrogen-bond donors (Lipinski definition) is 2. The van der Waals surface area contributed by atoms with Gasteiger partial charge in [-0.1, -0.05) is 0 Å². The van der Waals surface area contributed by atoms with Crippen LogP contribution in [-0.4, -0.2) is 27.3 Å². The van der Waals surface area contributed by atoms with Crippen LogP contribution in [0.3, 0.4) is 0 Å². The SMILES string of the molecule is COc1ccc2nc(-c3nc(N)n[nH]3)sc2c1. The third-order valence-electron chi connectivity index (χ3n) is 2.30. The Bertz CT molecular complexity index is 674. The van der Waals surface area contributed by atoms with Crippen molar-refractivity contribution in [1.82, 2.24) is 20.2 Å². The van der Waals surface area contributed by atoms with Crippen molar-refractivity contribution < 1.29 is 4.74 Å². The highest BCUT2D eigenvalue weighted by Crippen LogP contribution is 2.30. The molecule has 0 saturated carbocycles. The van der Waals surface area contributed by atoms with Crippen molar-refractivity contribution in [2.45, 2.75) is 0 Å². The molecule has 0 fully saturated rings. The predicted octanol–water partition coefficient (Wildman–Crippen LogP) is 1.67. The lowest BCUT2D eigenvalue weighted by Gasteiger charge is -1.96. The lowest BCUT2D eigenvalue weighted by Crippen LogP contribution is -1.85. The number of fused-ring (bicyclic) bond motifs is 1. The van der Waals surface area contributed by atoms with Crippen molar-refractivity contribution in [3.63, 3.8) is 0 Å². The molecule has 2 heterocycles. The Morgan fingerprint density at radius 2 is 2.24 bits per heavy atom. The second kappa shape index (κ2) is 3.70. The van der Waals surface area contributed by atoms with Crippen LogP contribution in [0.25, 0.3) is 21.0 Å². The number of nitrogens with one attached hydrogen (secondary N) is 1. The number of rotatable bonds is 2. The van der Waals surface area contributed by atoms with Gasteiger partial charge in [0.15, 0.2) is 10.8 Å². The lowest BCUT2D eigenvalue weighted by atomic mass is 10.3. The largest absolute Gasteiger partial charge is 0.497 e. The maximum absolute atomic E-state index is 5.46. The van der Waals surface area contributed by atoms with Crippen LogP contribution in [-0.2, 0) is 0 Å². The summed E-state index contributed by atoms with van der Waals surface area (Å²) in [6, 6.07) is 5.73. The van der Waals surface area contributed by atoms with Crippen LogP contribution in [0.15, 0.2) is 18.2 Å². The number of H-pyrrole nitrogens is 1. The lowest BCUT2D eigenvalue weighted by molar-refractivity contribution is 0.415. The van der Waals surface area contributed by atoms with Gasteiger partial charge in [0.2, 0.25) is 5.95 Å². The molecule has 7 heteroatoms. The van der Waals surface area contributed by atoms with E-state index in [4.69, 9.17) is 10.5 Å². The van der Waals surface area contributed by atoms with Crippen LogP contribution in [0.1, 0.15) is 0 Å². The fourth-order valence-corrected chi connectivity index (χ4v) is 2.44. The van der Waals surface area contributed by atoms with Crippen LogP contribution in [0.4, 0.5) is 5.95 Å². The maximum atomic E-state index is 5.46. The summed E-state index contributed by atoms with van der Waals surface area (Å²) in [6.45, 7) is 0. The molecule has 0 aliphatic carbocycles. The third-order valence-corrected chi connectivity index (χ3v) is 3.33. The molecule has 6 nitrogen and oxygen atoms in total. The van der Waals surface area contributed by atoms with Gasteiger partial charge in [-0.25, -0.2) is 4.98 Å². The van der Waals surface area contributed by atoms with Gasteiger partial charge in [0.25, 0.3) is 0 Å². The van der Waals surface area contributed by atoms with Crippen molar-refractivity contribution in [3.05, 3.63) is 18.2 Å². The molecule has 0 aliphatic heterocycles. The summed E-state index contributed by atoms with van der Waals surface area (Å²) < 4.78 is 6.20. The number of hydrogen-bond acceptors (Lipinski definition) is 6. The average Bonchev–Trinajstić information content (AvgIpc) is 2.93. The summed E-state index contributed by atoms with van der Waals surface area (Å²) in [6.07, 6.45) is 0. The standard InChI is InChI=1S/C10H9N5OS/c1-16-5-2-3-6-7(4-5)17-9(12-6)8-13-10(11)15-14-8/h2-4H,1H3,(H3,11,13,14,15). The molecule has 0 unspecified atom stereocenters. The highest BCUT2D eigenvalue weighted by atomic mass is 32.1. The van der Waals surface area contributed by atoms with E-state index in [0.29, 0.717) is 5.82 Å². The molecule has 0 saturated heterocycles. The van der Waals surface area contributed by atoms with Crippen molar-refractivity contribution in [2.75, 3.05) is 12.8 Å². The van der Waals surface area contributed by atoms with E-state index >= 15 is 0 Å². The first kappa shape index (κ1) is 10.0. The van der Waals surface area contributed by atoms with Gasteiger partial charge < -0.3 is 10.5 Å². The second-order valence-electron chi connectivity index (χ2n) is 3.39. The van der Waals surface area contributed by atoms with Crippen LogP contribution >= 0.6 is 11.3 Å². The van der Waals surface area contributed by atoms with Crippen molar-refractivity contribution >= 4 is 27.5 Å². The third kappa shape index (κ3) is 1.70. The summed E-state index contributed by atoms with van der Waals surface area (Å²) in [5, 5.41) is 7.28. The predicted molar refractivity (Wildman–Crippen MR) is 66.0 cm³/mol. The fourth-order valence-electron chi connectivity index (χ4n) is 1.50. The molecule has 0 amide bonds. The van der Waals surface area contributed by atoms with E-state index in [0.717, 1.165) is 21.0 Å². The van der Waals surface area contributed by atoms with E-state index < -0.39 is 0 Å². The van der Waals surface area contributed by atoms with Gasteiger partial charge in [-0.15, -0.1) is 16.4 Å². The molecule has 0 atom stereocenters. The van der Waals surface area contributed by atoms with Crippen molar-refractivity contribution in [2.24, 2.45) is 0 Å². The highest BCUT2D eigenvalue weighted by Gasteiger charge is 2.10. The van der Waals surface area contributed by atoms with Crippen molar-refractivity contribution in [1.29, 1.82) is 0 Å². The molecule has 0 aliphatic rings. The van der Waals surface area contributed by atoms with E-state index in [1.54, 1.807) is 7.11 Å². The summed E-state index contributed by atoms with van der Waals surface area (Å²) in [4.78, 5) is 8.49. The molecule has 0 radical (unpaired) electrons. The summed E-state index contributed by atoms with van der Waals surface area (Å²) >= 11 is 1.51. The summed E-state index contributed by atoms with van der Waals surface area (Å²) in [5.74, 6) is 1.62. The van der Waals surface area contributed by atoms with Crippen LogP contribution in [0.5, 0.6) is 5.75 Å². The number of benzene rings is 1. The molecule has 17 heavy (non-hydrogen) atoms. The molecule has 3 N–H and O–H groups in total. The number of nitrogen functional groups attached to an aromatic ring is 1. The first-order valence-electron chi connectivity index (χ1n) is 4.89. The van der Waals surface area contributed by atoms with Crippen molar-refractivity contribution in [3.8, 4) is 16.6 Å². The van der Waals surface area contributed by atoms with E-state index in [9.17, 15) is 0 Å². The van der Waals surface area contributed by atoms with E-state index in [1.165, 1.54) is 11.3 Å². The first-order valence-corrected chi connectivity index (χ1v) is 5.71. The van der Waals surface area contributed by atoms with Gasteiger partial charge in [0.05, 0.1) is 17.3 Å². The van der Waals surface area contributed by atoms with Crippen LogP contribution < -0.4 is 10.5 Å². The molecular formula is C10H9N5OS. The monoisotopic (exact) mass is 247 g/mol. The zero-order chi connectivity index (χ0) is 11.8. The number of thiazole rings is 1. The molecule has 2 aromatic heterocycles. The van der Waals surface area contributed by atoms with Gasteiger partial charge in [-0.2, -0.15) is 4.98 Å². The number of aromatic amines is 1. The van der Waals surface area contributed by atoms with Gasteiger partial charge in [0.1, 0.15) is 5.75 Å². The molecular weight excluding hydrogens is 238 g/mol. The molecule has 1 aromatic carbocycles.